The molecule has 3 N–H and O–H groups in total. The topological polar surface area (TPSA) is 57.7 Å². The SMILES string of the molecule is CNn1c(Nc2c[nH]c3ccc(F)c(F)c23)nc2cc(F)cc(F)c21. The van der Waals surface area contributed by atoms with Crippen LogP contribution < -0.4 is 10.7 Å². The van der Waals surface area contributed by atoms with Gasteiger partial charge in [-0.05, 0) is 12.1 Å². The molecule has 5 nitrogen and oxygen atoms in total. The molecule has 128 valence electrons. The van der Waals surface area contributed by atoms with Gasteiger partial charge >= 0.3 is 0 Å². The van der Waals surface area contributed by atoms with Gasteiger partial charge in [-0.25, -0.2) is 27.2 Å². The Bertz CT molecular complexity index is 1120. The third-order valence-corrected chi connectivity index (χ3v) is 3.88. The minimum atomic E-state index is -1.02. The van der Waals surface area contributed by atoms with Crippen molar-refractivity contribution in [3.8, 4) is 0 Å². The van der Waals surface area contributed by atoms with E-state index in [1.54, 1.807) is 0 Å². The first-order chi connectivity index (χ1) is 12.0. The molecule has 0 radical (unpaired) electrons. The van der Waals surface area contributed by atoms with Crippen LogP contribution in [0.1, 0.15) is 0 Å². The van der Waals surface area contributed by atoms with Crippen molar-refractivity contribution in [2.75, 3.05) is 17.8 Å². The fourth-order valence-corrected chi connectivity index (χ4v) is 2.81. The number of halogens is 4. The zero-order chi connectivity index (χ0) is 17.7. The molecule has 0 aliphatic heterocycles. The first kappa shape index (κ1) is 15.3. The van der Waals surface area contributed by atoms with Crippen LogP contribution in [0.2, 0.25) is 0 Å². The van der Waals surface area contributed by atoms with Gasteiger partial charge in [0.15, 0.2) is 17.5 Å². The Kier molecular flexibility index (Phi) is 3.31. The van der Waals surface area contributed by atoms with Crippen molar-refractivity contribution < 1.29 is 17.6 Å². The molecule has 2 heterocycles. The lowest BCUT2D eigenvalue weighted by molar-refractivity contribution is 0.517. The number of H-pyrrole nitrogens is 1. The van der Waals surface area contributed by atoms with Crippen LogP contribution in [0.25, 0.3) is 21.9 Å². The van der Waals surface area contributed by atoms with Crippen molar-refractivity contribution in [3.05, 3.63) is 53.7 Å². The Morgan fingerprint density at radius 2 is 1.88 bits per heavy atom. The number of aromatic nitrogens is 3. The quantitative estimate of drug-likeness (QED) is 0.490. The normalized spacial score (nSPS) is 11.4. The van der Waals surface area contributed by atoms with Gasteiger partial charge in [0.05, 0.1) is 22.1 Å². The first-order valence-corrected chi connectivity index (χ1v) is 7.27. The lowest BCUT2D eigenvalue weighted by Crippen LogP contribution is -2.12. The summed E-state index contributed by atoms with van der Waals surface area (Å²) in [5.74, 6) is -3.50. The van der Waals surface area contributed by atoms with E-state index in [0.29, 0.717) is 5.52 Å². The van der Waals surface area contributed by atoms with E-state index in [0.717, 1.165) is 18.2 Å². The molecule has 0 amide bonds. The Hall–Kier alpha value is -3.23. The van der Waals surface area contributed by atoms with Crippen molar-refractivity contribution in [1.29, 1.82) is 0 Å². The number of imidazole rings is 1. The molecule has 0 atom stereocenters. The van der Waals surface area contributed by atoms with Crippen LogP contribution in [0.3, 0.4) is 0 Å². The number of fused-ring (bicyclic) bond motifs is 2. The first-order valence-electron chi connectivity index (χ1n) is 7.27. The van der Waals surface area contributed by atoms with E-state index < -0.39 is 23.3 Å². The highest BCUT2D eigenvalue weighted by molar-refractivity contribution is 5.95. The summed E-state index contributed by atoms with van der Waals surface area (Å²) in [6.07, 6.45) is 1.43. The van der Waals surface area contributed by atoms with E-state index in [1.807, 2.05) is 0 Å². The molecule has 4 rings (SSSR count). The number of hydrogen-bond donors (Lipinski definition) is 3. The van der Waals surface area contributed by atoms with Crippen LogP contribution in [0.5, 0.6) is 0 Å². The van der Waals surface area contributed by atoms with Crippen molar-refractivity contribution in [2.24, 2.45) is 0 Å². The van der Waals surface area contributed by atoms with Gasteiger partial charge < -0.3 is 15.7 Å². The number of aromatic amines is 1. The molecule has 2 aromatic carbocycles. The zero-order valence-corrected chi connectivity index (χ0v) is 12.8. The summed E-state index contributed by atoms with van der Waals surface area (Å²) < 4.78 is 56.3. The average molecular weight is 349 g/mol. The van der Waals surface area contributed by atoms with Crippen molar-refractivity contribution in [2.45, 2.75) is 0 Å². The summed E-state index contributed by atoms with van der Waals surface area (Å²) in [6.45, 7) is 0. The minimum Gasteiger partial charge on any atom is -0.359 e. The maximum atomic E-state index is 14.1. The molecule has 0 saturated carbocycles. The van der Waals surface area contributed by atoms with Gasteiger partial charge in [0.25, 0.3) is 0 Å². The molecule has 9 heteroatoms. The minimum absolute atomic E-state index is 0.00126. The Labute approximate surface area is 138 Å². The highest BCUT2D eigenvalue weighted by atomic mass is 19.2. The average Bonchev–Trinajstić information content (AvgIpc) is 3.12. The van der Waals surface area contributed by atoms with Crippen molar-refractivity contribution in [3.63, 3.8) is 0 Å². The Morgan fingerprint density at radius 1 is 1.08 bits per heavy atom. The number of nitrogens with one attached hydrogen (secondary N) is 3. The lowest BCUT2D eigenvalue weighted by Gasteiger charge is -2.09. The molecule has 0 spiro atoms. The molecule has 0 aliphatic rings. The van der Waals surface area contributed by atoms with Gasteiger partial charge in [-0.2, -0.15) is 0 Å². The summed E-state index contributed by atoms with van der Waals surface area (Å²) >= 11 is 0. The maximum absolute atomic E-state index is 14.1. The van der Waals surface area contributed by atoms with Gasteiger partial charge in [0.2, 0.25) is 5.95 Å². The molecule has 0 aliphatic carbocycles. The number of anilines is 2. The molecule has 25 heavy (non-hydrogen) atoms. The third-order valence-electron chi connectivity index (χ3n) is 3.88. The molecule has 0 saturated heterocycles. The molecule has 0 bridgehead atoms. The summed E-state index contributed by atoms with van der Waals surface area (Å²) in [5, 5.41) is 2.81. The summed E-state index contributed by atoms with van der Waals surface area (Å²) in [7, 11) is 1.52. The van der Waals surface area contributed by atoms with Gasteiger partial charge in [-0.3, -0.25) is 0 Å². The maximum Gasteiger partial charge on any atom is 0.227 e. The van der Waals surface area contributed by atoms with E-state index >= 15 is 0 Å². The smallest absolute Gasteiger partial charge is 0.227 e. The van der Waals surface area contributed by atoms with Gasteiger partial charge in [0.1, 0.15) is 11.3 Å². The van der Waals surface area contributed by atoms with E-state index in [2.05, 4.69) is 20.7 Å². The zero-order valence-electron chi connectivity index (χ0n) is 12.8. The molecule has 0 unspecified atom stereocenters. The number of rotatable bonds is 3. The Balaban J connectivity index is 1.89. The molecule has 2 aromatic heterocycles. The summed E-state index contributed by atoms with van der Waals surface area (Å²) in [4.78, 5) is 6.93. The molecular formula is C16H11F4N5. The molecular weight excluding hydrogens is 338 g/mol. The predicted molar refractivity (Wildman–Crippen MR) is 86.4 cm³/mol. The van der Waals surface area contributed by atoms with E-state index in [1.165, 1.54) is 24.0 Å². The molecule has 4 aromatic rings. The van der Waals surface area contributed by atoms with Gasteiger partial charge in [0, 0.05) is 25.4 Å². The number of benzene rings is 2. The van der Waals surface area contributed by atoms with Crippen LogP contribution in [0.15, 0.2) is 30.5 Å². The predicted octanol–water partition coefficient (Wildman–Crippen LogP) is 3.99. The van der Waals surface area contributed by atoms with Crippen LogP contribution in [0.4, 0.5) is 29.2 Å². The number of nitrogens with zero attached hydrogens (tertiary/aromatic N) is 2. The molecule has 0 fully saturated rings. The second-order valence-electron chi connectivity index (χ2n) is 5.36. The van der Waals surface area contributed by atoms with Crippen LogP contribution >= 0.6 is 0 Å². The van der Waals surface area contributed by atoms with Gasteiger partial charge in [-0.1, -0.05) is 0 Å². The fraction of sp³-hybridized carbons (Fsp3) is 0.0625. The summed E-state index contributed by atoms with van der Waals surface area (Å²) in [6, 6.07) is 4.23. The summed E-state index contributed by atoms with van der Waals surface area (Å²) in [5.41, 5.74) is 3.40. The monoisotopic (exact) mass is 349 g/mol. The van der Waals surface area contributed by atoms with E-state index in [-0.39, 0.29) is 28.1 Å². The second kappa shape index (κ2) is 5.40. The van der Waals surface area contributed by atoms with Crippen LogP contribution in [-0.2, 0) is 0 Å². The van der Waals surface area contributed by atoms with E-state index in [9.17, 15) is 17.6 Å². The fourth-order valence-electron chi connectivity index (χ4n) is 2.81. The standard InChI is InChI=1S/C16H11F4N5/c1-21-25-15-9(19)4-7(17)5-11(15)23-16(25)24-12-6-22-10-3-2-8(18)14(20)13(10)12/h2-6,21-22H,1H3,(H,23,24). The Morgan fingerprint density at radius 3 is 2.64 bits per heavy atom. The van der Waals surface area contributed by atoms with Crippen molar-refractivity contribution in [1.82, 2.24) is 14.6 Å². The van der Waals surface area contributed by atoms with E-state index in [4.69, 9.17) is 0 Å². The lowest BCUT2D eigenvalue weighted by atomic mass is 10.2. The highest BCUT2D eigenvalue weighted by Crippen LogP contribution is 2.31. The van der Waals surface area contributed by atoms with Crippen LogP contribution in [0, 0.1) is 23.3 Å². The number of hydrogen-bond acceptors (Lipinski definition) is 3. The van der Waals surface area contributed by atoms with Crippen molar-refractivity contribution >= 4 is 33.6 Å². The van der Waals surface area contributed by atoms with Crippen LogP contribution in [-0.4, -0.2) is 21.7 Å². The van der Waals surface area contributed by atoms with Gasteiger partial charge in [-0.15, -0.1) is 0 Å². The second-order valence-corrected chi connectivity index (χ2v) is 5.36. The third kappa shape index (κ3) is 2.27. The highest BCUT2D eigenvalue weighted by Gasteiger charge is 2.18. The largest absolute Gasteiger partial charge is 0.359 e.